The summed E-state index contributed by atoms with van der Waals surface area (Å²) >= 11 is 0. The van der Waals surface area contributed by atoms with E-state index in [2.05, 4.69) is 129 Å². The largest absolute Gasteiger partial charge is 0.488 e. The molecule has 31 heteroatoms. The zero-order chi connectivity index (χ0) is 91.1. The summed E-state index contributed by atoms with van der Waals surface area (Å²) in [5.41, 5.74) is 15.2. The number of likely N-dealkylation sites (tertiary alicyclic amines) is 4. The second-order valence-electron chi connectivity index (χ2n) is 36.5. The number of carboxylic acids is 1. The third kappa shape index (κ3) is 19.0. The number of carbonyl (C=O) groups is 8. The number of carbonyl (C=O) groups excluding carboxylic acids is 7. The van der Waals surface area contributed by atoms with Crippen molar-refractivity contribution in [1.82, 2.24) is 55.5 Å². The van der Waals surface area contributed by atoms with Crippen molar-refractivity contribution < 1.29 is 86.1 Å². The Kier molecular flexibility index (Phi) is 26.9. The number of carboxylic acid groups (broad SMARTS) is 1. The van der Waals surface area contributed by atoms with Crippen LogP contribution < -0.4 is 25.4 Å². The molecule has 7 amide bonds. The Labute approximate surface area is 740 Å². The van der Waals surface area contributed by atoms with E-state index < -0.39 is 65.8 Å². The lowest BCUT2D eigenvalue weighted by Crippen LogP contribution is -2.57. The van der Waals surface area contributed by atoms with E-state index in [4.69, 9.17) is 63.0 Å². The molecule has 0 bridgehead atoms. The van der Waals surface area contributed by atoms with E-state index in [1.165, 1.54) is 40.9 Å². The van der Waals surface area contributed by atoms with Crippen molar-refractivity contribution in [3.05, 3.63) is 131 Å². The fourth-order valence-corrected chi connectivity index (χ4v) is 18.8. The van der Waals surface area contributed by atoms with Crippen molar-refractivity contribution in [2.75, 3.05) is 35.5 Å². The zero-order valence-electron chi connectivity index (χ0n) is 76.0. The van der Waals surface area contributed by atoms with E-state index in [9.17, 15) is 38.4 Å². The normalized spacial score (nSPS) is 21.5. The molecular weight excluding hydrogens is 1620 g/mol. The second-order valence-corrected chi connectivity index (χ2v) is 36.5. The molecule has 4 saturated heterocycles. The number of fused-ring (bicyclic) bond motifs is 12. The molecular formula is C96H119N13O18. The van der Waals surface area contributed by atoms with Crippen LogP contribution in [0.15, 0.2) is 107 Å². The summed E-state index contributed by atoms with van der Waals surface area (Å²) in [5.74, 6) is 1.56. The number of hydrogen-bond acceptors (Lipinski definition) is 21. The van der Waals surface area contributed by atoms with Gasteiger partial charge in [0.05, 0.1) is 92.9 Å². The predicted octanol–water partition coefficient (Wildman–Crippen LogP) is 16.9. The minimum absolute atomic E-state index is 0.0154. The van der Waals surface area contributed by atoms with Gasteiger partial charge in [0.15, 0.2) is 6.04 Å². The summed E-state index contributed by atoms with van der Waals surface area (Å²) in [7, 11) is 6.61. The fourth-order valence-electron chi connectivity index (χ4n) is 18.8. The molecule has 10 heterocycles. The fraction of sp³-hybridized carbons (Fsp3) is 0.500. The van der Waals surface area contributed by atoms with Gasteiger partial charge in [0, 0.05) is 73.8 Å². The molecule has 0 aliphatic carbocycles. The molecule has 4 fully saturated rings. The average Bonchev–Trinajstić information content (AvgIpc) is 1.67. The van der Waals surface area contributed by atoms with E-state index in [-0.39, 0.29) is 78.3 Å². The third-order valence-electron chi connectivity index (χ3n) is 25.9. The first-order valence-electron chi connectivity index (χ1n) is 44.0. The quantitative estimate of drug-likeness (QED) is 0.0435. The van der Waals surface area contributed by atoms with Gasteiger partial charge < -0.3 is 83.5 Å². The number of aromatic nitrogens is 4. The Morgan fingerprint density at radius 2 is 0.858 bits per heavy atom. The Balaban J connectivity index is 0.000000182. The van der Waals surface area contributed by atoms with Gasteiger partial charge in [-0.2, -0.15) is 0 Å². The molecule has 127 heavy (non-hydrogen) atoms. The Morgan fingerprint density at radius 3 is 1.28 bits per heavy atom. The number of hydrogen-bond donors (Lipinski definition) is 6. The van der Waals surface area contributed by atoms with Crippen LogP contribution in [-0.2, 0) is 73.6 Å². The van der Waals surface area contributed by atoms with Crippen molar-refractivity contribution in [3.8, 4) is 56.3 Å². The molecule has 31 nitrogen and oxygen atoms in total. The van der Waals surface area contributed by atoms with Crippen LogP contribution in [0.3, 0.4) is 0 Å². The molecule has 16 rings (SSSR count). The van der Waals surface area contributed by atoms with Gasteiger partial charge in [-0.3, -0.25) is 29.4 Å². The number of imidazole rings is 2. The van der Waals surface area contributed by atoms with Crippen molar-refractivity contribution >= 4 is 92.6 Å². The minimum atomic E-state index is -1.17. The van der Waals surface area contributed by atoms with Gasteiger partial charge in [-0.15, -0.1) is 0 Å². The van der Waals surface area contributed by atoms with E-state index in [1.54, 1.807) is 6.92 Å². The first-order valence-corrected chi connectivity index (χ1v) is 44.0. The van der Waals surface area contributed by atoms with Crippen LogP contribution in [0.25, 0.3) is 66.3 Å². The molecule has 0 spiro atoms. The summed E-state index contributed by atoms with van der Waals surface area (Å²) < 4.78 is 48.6. The highest BCUT2D eigenvalue weighted by Gasteiger charge is 2.47. The van der Waals surface area contributed by atoms with Crippen LogP contribution in [0.1, 0.15) is 201 Å². The Morgan fingerprint density at radius 1 is 0.480 bits per heavy atom. The number of benzene rings is 6. The topological polar surface area (TPSA) is 371 Å². The van der Waals surface area contributed by atoms with Crippen molar-refractivity contribution in [2.24, 2.45) is 15.9 Å². The van der Waals surface area contributed by atoms with Crippen LogP contribution in [0.2, 0.25) is 0 Å². The highest BCUT2D eigenvalue weighted by Crippen LogP contribution is 2.49. The van der Waals surface area contributed by atoms with Crippen LogP contribution in [0.4, 0.5) is 35.3 Å². The van der Waals surface area contributed by atoms with Gasteiger partial charge >= 0.3 is 36.4 Å². The predicted molar refractivity (Wildman–Crippen MR) is 480 cm³/mol. The van der Waals surface area contributed by atoms with Crippen LogP contribution >= 0.6 is 0 Å². The van der Waals surface area contributed by atoms with Crippen molar-refractivity contribution in [3.63, 3.8) is 0 Å². The van der Waals surface area contributed by atoms with Crippen LogP contribution in [-0.4, -0.2) is 218 Å². The first-order chi connectivity index (χ1) is 60.5. The molecule has 6 N–H and O–H groups in total. The standard InChI is InChI=1S/C47H57N7O8.C42H49N5O5.C7H13NO5/c1-9-24(2)41(51-46(57)60-7)44(55)54-26(4)11-17-39(54)43-48-22-37(50-43)29-12-14-31-30(18-29)23-62-40-21-32-28(19-34(31)40)13-15-35-33(32)20-36(49-35)38-16-10-25(3)53(38)45(56)42(27(5)59-6)52-47(58)61-8;1-23-9-15-35(46(23)39(48)51-41(3,4)5)33-19-30-29-20-37-31(18-25(29)12-14-32(30)44-33)28-13-11-26(17-27(28)22-50-37)34-21-43-38(45-34)36-16-10-24(2)47(36)40(49)52-42(6,7)8;1-4(12-2)5(6(9)10)8-7(11)13-3/h12-15,18-19,21-22,24-27,38-39,41-42H,9-11,16-17,20,23H2,1-8H3,(H,48,50)(H,51,57)(H,52,58);11-14,17-18,20-21,23-24,35-36H,9-10,15-16,19,22H2,1-8H3,(H,43,45);4-5H,1-3H3,(H,8,11)(H,9,10)/t24-,25-,26-,27+,38?,39-,41-,42-;23-,24-,35?,36-;4-,5+/m001/s1. The van der Waals surface area contributed by atoms with Crippen molar-refractivity contribution in [1.29, 1.82) is 0 Å². The molecule has 0 radical (unpaired) electrons. The van der Waals surface area contributed by atoms with Gasteiger partial charge in [-0.1, -0.05) is 56.7 Å². The van der Waals surface area contributed by atoms with E-state index in [0.717, 1.165) is 188 Å². The maximum Gasteiger partial charge on any atom is 0.411 e. The molecule has 0 saturated carbocycles. The molecule has 2 aromatic heterocycles. The van der Waals surface area contributed by atoms with Gasteiger partial charge in [0.25, 0.3) is 0 Å². The number of alkyl carbamates (subject to hydrolysis) is 3. The number of aliphatic imine (C=N–C) groups is 2. The van der Waals surface area contributed by atoms with E-state index >= 15 is 0 Å². The monoisotopic (exact) mass is 1740 g/mol. The smallest absolute Gasteiger partial charge is 0.411 e. The number of aromatic amines is 2. The maximum atomic E-state index is 14.1. The summed E-state index contributed by atoms with van der Waals surface area (Å²) in [6, 6.07) is 26.6. The van der Waals surface area contributed by atoms with Gasteiger partial charge in [0.1, 0.15) is 59.6 Å². The number of nitrogens with one attached hydrogen (secondary N) is 5. The van der Waals surface area contributed by atoms with Gasteiger partial charge in [-0.05, 0) is 255 Å². The number of rotatable bonds is 18. The lowest BCUT2D eigenvalue weighted by atomic mass is 9.91. The summed E-state index contributed by atoms with van der Waals surface area (Å²) in [6.07, 6.45) is 8.55. The zero-order valence-corrected chi connectivity index (χ0v) is 76.0. The number of ether oxygens (including phenoxy) is 9. The molecule has 6 aromatic carbocycles. The summed E-state index contributed by atoms with van der Waals surface area (Å²) in [4.78, 5) is 134. The molecule has 8 aliphatic rings. The minimum Gasteiger partial charge on any atom is -0.488 e. The Hall–Kier alpha value is -12.1. The number of aliphatic carboxylic acids is 1. The summed E-state index contributed by atoms with van der Waals surface area (Å²) in [5, 5.41) is 20.7. The summed E-state index contributed by atoms with van der Waals surface area (Å²) in [6.45, 7) is 27.7. The molecule has 2 unspecified atom stereocenters. The number of methoxy groups -OCH3 is 5. The maximum absolute atomic E-state index is 14.1. The lowest BCUT2D eigenvalue weighted by Gasteiger charge is -2.34. The van der Waals surface area contributed by atoms with E-state index in [1.807, 2.05) is 101 Å². The third-order valence-corrected chi connectivity index (χ3v) is 25.9. The number of amides is 7. The van der Waals surface area contributed by atoms with Gasteiger partial charge in [0.2, 0.25) is 11.8 Å². The van der Waals surface area contributed by atoms with Crippen LogP contribution in [0.5, 0.6) is 11.5 Å². The highest BCUT2D eigenvalue weighted by atomic mass is 16.6. The average molecular weight is 1740 g/mol. The van der Waals surface area contributed by atoms with Crippen molar-refractivity contribution in [2.45, 2.75) is 271 Å². The molecule has 676 valence electrons. The lowest BCUT2D eigenvalue weighted by molar-refractivity contribution is -0.142. The number of nitrogens with zero attached hydrogens (tertiary/aromatic N) is 8. The molecule has 8 aliphatic heterocycles. The number of H-pyrrole nitrogens is 2. The second kappa shape index (κ2) is 37.4. The SMILES string of the molecule is CC[C@H](C)[C@H](NC(=O)OC)C(=O)N1[C@@H](C)CC[C@H]1c1ncc(-c2ccc3c(c2)COc2cc4c5c(ccc4cc2-3)N=C(C2CC[C@H](C)N2C(=O)[C@@H](NC(=O)OC)[C@@H](C)OC)C5)[nH]1.COC(=O)N[C@H](C(=O)O)[C@@H](C)OC.C[C@H]1CCC(C2=Nc3ccc4cc5c(cc4c3C2)OCc2cc(-c3cnc([C@@H]4CC[C@H](C)N4C(=O)OC(C)(C)C)[nH]3)ccc2-5)N1C(=O)OC(C)(C)C. The molecule has 14 atom stereocenters. The Bertz CT molecular complexity index is 5610. The first kappa shape index (κ1) is 91.1. The van der Waals surface area contributed by atoms with Gasteiger partial charge in [-0.25, -0.2) is 38.7 Å². The van der Waals surface area contributed by atoms with Crippen LogP contribution in [0, 0.1) is 5.92 Å². The van der Waals surface area contributed by atoms with E-state index in [0.29, 0.717) is 31.9 Å². The molecule has 8 aromatic rings. The highest BCUT2D eigenvalue weighted by molar-refractivity contribution is 6.08.